The van der Waals surface area contributed by atoms with Crippen LogP contribution in [0.3, 0.4) is 0 Å². The highest BCUT2D eigenvalue weighted by Crippen LogP contribution is 2.47. The molecule has 1 saturated heterocycles. The molecule has 1 aromatic carbocycles. The lowest BCUT2D eigenvalue weighted by molar-refractivity contribution is -0.134. The van der Waals surface area contributed by atoms with E-state index in [9.17, 15) is 9.18 Å². The molecular weight excluding hydrogens is 267 g/mol. The second kappa shape index (κ2) is 4.54. The zero-order chi connectivity index (χ0) is 14.6. The molecule has 1 aliphatic heterocycles. The monoisotopic (exact) mass is 288 g/mol. The van der Waals surface area contributed by atoms with Crippen molar-refractivity contribution < 1.29 is 9.18 Å². The second-order valence-electron chi connectivity index (χ2n) is 6.88. The average molecular weight is 288 g/mol. The van der Waals surface area contributed by atoms with E-state index in [2.05, 4.69) is 12.2 Å². The van der Waals surface area contributed by atoms with Crippen LogP contribution in [-0.2, 0) is 4.79 Å². The van der Waals surface area contributed by atoms with Crippen molar-refractivity contribution in [2.45, 2.75) is 56.8 Å². The fraction of sp³-hybridized carbons (Fsp3) is 0.588. The van der Waals surface area contributed by atoms with Crippen molar-refractivity contribution in [3.05, 3.63) is 35.6 Å². The third kappa shape index (κ3) is 2.00. The first-order valence-electron chi connectivity index (χ1n) is 7.97. The molecule has 1 amide bonds. The van der Waals surface area contributed by atoms with Crippen LogP contribution in [0.15, 0.2) is 24.3 Å². The fourth-order valence-corrected chi connectivity index (χ4v) is 4.02. The molecule has 4 heteroatoms. The van der Waals surface area contributed by atoms with Gasteiger partial charge in [0.05, 0.1) is 5.54 Å². The molecule has 3 atom stereocenters. The summed E-state index contributed by atoms with van der Waals surface area (Å²) in [5.41, 5.74) is 0.633. The van der Waals surface area contributed by atoms with E-state index < -0.39 is 0 Å². The van der Waals surface area contributed by atoms with Gasteiger partial charge in [-0.3, -0.25) is 10.1 Å². The van der Waals surface area contributed by atoms with Crippen molar-refractivity contribution in [2.75, 3.05) is 0 Å². The Bertz CT molecular complexity index is 565. The highest BCUT2D eigenvalue weighted by molar-refractivity contribution is 5.90. The van der Waals surface area contributed by atoms with Gasteiger partial charge in [0, 0.05) is 6.04 Å². The summed E-state index contributed by atoms with van der Waals surface area (Å²) in [7, 11) is 0. The molecular formula is C17H21FN2O. The molecule has 1 heterocycles. The highest BCUT2D eigenvalue weighted by Gasteiger charge is 2.57. The van der Waals surface area contributed by atoms with Crippen LogP contribution in [0.1, 0.15) is 50.8 Å². The minimum atomic E-state index is -0.360. The first-order chi connectivity index (χ1) is 10.1. The van der Waals surface area contributed by atoms with Gasteiger partial charge < -0.3 is 4.90 Å². The molecule has 3 unspecified atom stereocenters. The minimum Gasteiger partial charge on any atom is -0.318 e. The Morgan fingerprint density at radius 1 is 1.24 bits per heavy atom. The molecule has 3 fully saturated rings. The number of hydrogen-bond acceptors (Lipinski definition) is 2. The summed E-state index contributed by atoms with van der Waals surface area (Å²) in [5.74, 6) is 0.615. The van der Waals surface area contributed by atoms with Crippen molar-refractivity contribution in [2.24, 2.45) is 5.92 Å². The summed E-state index contributed by atoms with van der Waals surface area (Å²) in [6.45, 7) is 2.19. The van der Waals surface area contributed by atoms with Gasteiger partial charge in [-0.25, -0.2) is 4.39 Å². The van der Waals surface area contributed by atoms with Crippen LogP contribution in [-0.4, -0.2) is 22.4 Å². The standard InChI is InChI=1S/C17H21FN2O/c1-11-10-14(11)20-15(12-4-6-13(18)7-5-12)19-17(16(20)21)8-2-3-9-17/h4-7,11,14-15,19H,2-3,8-10H2,1H3. The Balaban J connectivity index is 1.70. The SMILES string of the molecule is CC1CC1N1C(=O)C2(CCCC2)NC1c1ccc(F)cc1. The van der Waals surface area contributed by atoms with Gasteiger partial charge in [0.1, 0.15) is 12.0 Å². The number of carbonyl (C=O) groups excluding carboxylic acids is 1. The van der Waals surface area contributed by atoms with Crippen molar-refractivity contribution in [1.82, 2.24) is 10.2 Å². The molecule has 3 nitrogen and oxygen atoms in total. The van der Waals surface area contributed by atoms with Gasteiger partial charge in [-0.2, -0.15) is 0 Å². The Kier molecular flexibility index (Phi) is 2.86. The lowest BCUT2D eigenvalue weighted by Crippen LogP contribution is -2.44. The van der Waals surface area contributed by atoms with E-state index in [1.54, 1.807) is 12.1 Å². The van der Waals surface area contributed by atoms with Crippen LogP contribution in [0, 0.1) is 11.7 Å². The number of rotatable bonds is 2. The maximum Gasteiger partial charge on any atom is 0.244 e. The van der Waals surface area contributed by atoms with Crippen molar-refractivity contribution in [3.63, 3.8) is 0 Å². The molecule has 21 heavy (non-hydrogen) atoms. The molecule has 0 aromatic heterocycles. The van der Waals surface area contributed by atoms with Gasteiger partial charge in [0.25, 0.3) is 0 Å². The molecule has 1 spiro atoms. The van der Waals surface area contributed by atoms with Gasteiger partial charge in [0.2, 0.25) is 5.91 Å². The van der Waals surface area contributed by atoms with Crippen LogP contribution in [0.25, 0.3) is 0 Å². The largest absolute Gasteiger partial charge is 0.318 e. The van der Waals surface area contributed by atoms with Crippen LogP contribution in [0.5, 0.6) is 0 Å². The zero-order valence-electron chi connectivity index (χ0n) is 12.3. The Hall–Kier alpha value is -1.42. The molecule has 3 aliphatic rings. The van der Waals surface area contributed by atoms with Crippen molar-refractivity contribution >= 4 is 5.91 Å². The molecule has 2 saturated carbocycles. The molecule has 0 radical (unpaired) electrons. The number of halogens is 1. The zero-order valence-corrected chi connectivity index (χ0v) is 12.3. The van der Waals surface area contributed by atoms with Crippen LogP contribution >= 0.6 is 0 Å². The third-order valence-corrected chi connectivity index (χ3v) is 5.40. The third-order valence-electron chi connectivity index (χ3n) is 5.40. The average Bonchev–Trinajstić information content (AvgIpc) is 2.91. The summed E-state index contributed by atoms with van der Waals surface area (Å²) in [6, 6.07) is 6.91. The lowest BCUT2D eigenvalue weighted by Gasteiger charge is -2.24. The number of nitrogens with one attached hydrogen (secondary N) is 1. The molecule has 0 bridgehead atoms. The molecule has 4 rings (SSSR count). The van der Waals surface area contributed by atoms with E-state index >= 15 is 0 Å². The molecule has 2 aliphatic carbocycles. The Morgan fingerprint density at radius 2 is 1.86 bits per heavy atom. The summed E-state index contributed by atoms with van der Waals surface area (Å²) < 4.78 is 13.2. The minimum absolute atomic E-state index is 0.0915. The van der Waals surface area contributed by atoms with Crippen LogP contribution in [0.4, 0.5) is 4.39 Å². The van der Waals surface area contributed by atoms with Crippen LogP contribution < -0.4 is 5.32 Å². The van der Waals surface area contributed by atoms with Gasteiger partial charge in [0.15, 0.2) is 0 Å². The van der Waals surface area contributed by atoms with E-state index in [0.717, 1.165) is 37.7 Å². The lowest BCUT2D eigenvalue weighted by atomic mass is 9.98. The molecule has 1 N–H and O–H groups in total. The maximum atomic E-state index is 13.2. The summed E-state index contributed by atoms with van der Waals surface area (Å²) >= 11 is 0. The number of nitrogens with zero attached hydrogens (tertiary/aromatic N) is 1. The smallest absolute Gasteiger partial charge is 0.244 e. The summed E-state index contributed by atoms with van der Waals surface area (Å²) in [4.78, 5) is 15.0. The predicted molar refractivity (Wildman–Crippen MR) is 77.9 cm³/mol. The van der Waals surface area contributed by atoms with E-state index in [0.29, 0.717) is 12.0 Å². The van der Waals surface area contributed by atoms with E-state index in [-0.39, 0.29) is 23.4 Å². The first-order valence-corrected chi connectivity index (χ1v) is 7.97. The predicted octanol–water partition coefficient (Wildman–Crippen LogP) is 2.98. The quantitative estimate of drug-likeness (QED) is 0.907. The van der Waals surface area contributed by atoms with Crippen molar-refractivity contribution in [3.8, 4) is 0 Å². The van der Waals surface area contributed by atoms with Gasteiger partial charge >= 0.3 is 0 Å². The van der Waals surface area contributed by atoms with Gasteiger partial charge in [-0.1, -0.05) is 31.9 Å². The maximum absolute atomic E-state index is 13.2. The summed E-state index contributed by atoms with van der Waals surface area (Å²) in [5, 5.41) is 3.60. The molecule has 1 aromatic rings. The van der Waals surface area contributed by atoms with E-state index in [1.165, 1.54) is 12.1 Å². The fourth-order valence-electron chi connectivity index (χ4n) is 4.02. The Labute approximate surface area is 124 Å². The highest BCUT2D eigenvalue weighted by atomic mass is 19.1. The van der Waals surface area contributed by atoms with E-state index in [1.807, 2.05) is 4.90 Å². The van der Waals surface area contributed by atoms with Gasteiger partial charge in [-0.15, -0.1) is 0 Å². The normalized spacial score (nSPS) is 33.9. The first kappa shape index (κ1) is 13.3. The molecule has 112 valence electrons. The van der Waals surface area contributed by atoms with E-state index in [4.69, 9.17) is 0 Å². The second-order valence-corrected chi connectivity index (χ2v) is 6.88. The number of carbonyl (C=O) groups is 1. The van der Waals surface area contributed by atoms with Crippen LogP contribution in [0.2, 0.25) is 0 Å². The summed E-state index contributed by atoms with van der Waals surface area (Å²) in [6.07, 6.45) is 5.08. The Morgan fingerprint density at radius 3 is 2.43 bits per heavy atom. The number of hydrogen-bond donors (Lipinski definition) is 1. The topological polar surface area (TPSA) is 32.3 Å². The van der Waals surface area contributed by atoms with Gasteiger partial charge in [-0.05, 0) is 42.9 Å². The number of amides is 1. The van der Waals surface area contributed by atoms with Crippen molar-refractivity contribution in [1.29, 1.82) is 0 Å². The number of benzene rings is 1.